The van der Waals surface area contributed by atoms with Gasteiger partial charge in [-0.1, -0.05) is 13.0 Å². The van der Waals surface area contributed by atoms with E-state index in [9.17, 15) is 9.59 Å². The summed E-state index contributed by atoms with van der Waals surface area (Å²) in [5, 5.41) is 0. The molecule has 2 aliphatic heterocycles. The molecule has 136 valence electrons. The summed E-state index contributed by atoms with van der Waals surface area (Å²) in [6.07, 6.45) is 2.68. The lowest BCUT2D eigenvalue weighted by Crippen LogP contribution is -2.39. The van der Waals surface area contributed by atoms with E-state index in [1.807, 2.05) is 34.1 Å². The van der Waals surface area contributed by atoms with Crippen molar-refractivity contribution < 1.29 is 14.3 Å². The minimum atomic E-state index is -0.314. The van der Waals surface area contributed by atoms with Gasteiger partial charge in [-0.25, -0.2) is 0 Å². The Morgan fingerprint density at radius 2 is 2.12 bits per heavy atom. The molecule has 0 bridgehead atoms. The molecule has 0 N–H and O–H groups in total. The number of thioether (sulfide) groups is 1. The third kappa shape index (κ3) is 3.78. The molecule has 1 unspecified atom stereocenters. The monoisotopic (exact) mass is 362 g/mol. The fraction of sp³-hybridized carbons (Fsp3) is 0.579. The molecule has 2 aliphatic rings. The van der Waals surface area contributed by atoms with E-state index in [1.165, 1.54) is 11.8 Å². The van der Waals surface area contributed by atoms with Gasteiger partial charge in [-0.05, 0) is 37.5 Å². The summed E-state index contributed by atoms with van der Waals surface area (Å²) in [4.78, 5) is 30.2. The van der Waals surface area contributed by atoms with Crippen LogP contribution in [-0.4, -0.2) is 60.7 Å². The highest BCUT2D eigenvalue weighted by atomic mass is 32.2. The largest absolute Gasteiger partial charge is 0.497 e. The van der Waals surface area contributed by atoms with Gasteiger partial charge >= 0.3 is 0 Å². The third-order valence-corrected chi connectivity index (χ3v) is 6.18. The lowest BCUT2D eigenvalue weighted by molar-refractivity contribution is -0.136. The number of rotatable bonds is 6. The quantitative estimate of drug-likeness (QED) is 0.730. The van der Waals surface area contributed by atoms with E-state index >= 15 is 0 Å². The zero-order valence-corrected chi connectivity index (χ0v) is 15.8. The number of nitrogens with zero attached hydrogens (tertiary/aromatic N) is 2. The van der Waals surface area contributed by atoms with Crippen molar-refractivity contribution >= 4 is 23.6 Å². The molecule has 6 heteroatoms. The SMILES string of the molecule is CCCN1CCC2(CCN(C(=O)CSc3cccc(OC)c3)C2)C1=O. The van der Waals surface area contributed by atoms with Crippen molar-refractivity contribution in [1.82, 2.24) is 9.80 Å². The maximum Gasteiger partial charge on any atom is 0.232 e. The minimum absolute atomic E-state index is 0.117. The fourth-order valence-corrected chi connectivity index (χ4v) is 4.61. The van der Waals surface area contributed by atoms with Crippen LogP contribution in [0.4, 0.5) is 0 Å². The predicted molar refractivity (Wildman–Crippen MR) is 98.8 cm³/mol. The maximum atomic E-state index is 12.7. The average Bonchev–Trinajstić information content (AvgIpc) is 3.20. The molecule has 3 rings (SSSR count). The number of ether oxygens (including phenoxy) is 1. The number of likely N-dealkylation sites (tertiary alicyclic amines) is 2. The van der Waals surface area contributed by atoms with E-state index in [4.69, 9.17) is 4.74 Å². The zero-order valence-electron chi connectivity index (χ0n) is 15.0. The standard InChI is InChI=1S/C19H26N2O3S/c1-3-9-20-10-7-19(18(20)23)8-11-21(14-19)17(22)13-25-16-6-4-5-15(12-16)24-2/h4-6,12H,3,7-11,13-14H2,1-2H3. The van der Waals surface area contributed by atoms with Gasteiger partial charge in [0.1, 0.15) is 5.75 Å². The van der Waals surface area contributed by atoms with Gasteiger partial charge in [0.05, 0.1) is 18.3 Å². The van der Waals surface area contributed by atoms with Crippen molar-refractivity contribution in [3.8, 4) is 5.75 Å². The zero-order chi connectivity index (χ0) is 17.9. The lowest BCUT2D eigenvalue weighted by atomic mass is 9.85. The normalized spacial score (nSPS) is 22.9. The van der Waals surface area contributed by atoms with Crippen LogP contribution < -0.4 is 4.74 Å². The molecular weight excluding hydrogens is 336 g/mol. The highest BCUT2D eigenvalue weighted by molar-refractivity contribution is 8.00. The Kier molecular flexibility index (Phi) is 5.57. The van der Waals surface area contributed by atoms with Crippen LogP contribution in [0.3, 0.4) is 0 Å². The fourth-order valence-electron chi connectivity index (χ4n) is 3.77. The van der Waals surface area contributed by atoms with Crippen molar-refractivity contribution in [1.29, 1.82) is 0 Å². The Bertz CT molecular complexity index is 651. The Balaban J connectivity index is 1.55. The van der Waals surface area contributed by atoms with Crippen LogP contribution >= 0.6 is 11.8 Å². The molecule has 0 aliphatic carbocycles. The van der Waals surface area contributed by atoms with E-state index in [0.717, 1.165) is 43.0 Å². The van der Waals surface area contributed by atoms with E-state index in [0.29, 0.717) is 18.8 Å². The first-order chi connectivity index (χ1) is 12.1. The van der Waals surface area contributed by atoms with Crippen LogP contribution in [0.25, 0.3) is 0 Å². The molecule has 25 heavy (non-hydrogen) atoms. The van der Waals surface area contributed by atoms with Gasteiger partial charge < -0.3 is 14.5 Å². The second-order valence-corrected chi connectivity index (χ2v) is 7.90. The van der Waals surface area contributed by atoms with Gasteiger partial charge in [0, 0.05) is 31.1 Å². The topological polar surface area (TPSA) is 49.9 Å². The van der Waals surface area contributed by atoms with Crippen LogP contribution in [0.15, 0.2) is 29.2 Å². The summed E-state index contributed by atoms with van der Waals surface area (Å²) in [5.41, 5.74) is -0.314. The number of hydrogen-bond donors (Lipinski definition) is 0. The molecule has 2 heterocycles. The maximum absolute atomic E-state index is 12.7. The van der Waals surface area contributed by atoms with Crippen LogP contribution in [0.2, 0.25) is 0 Å². The smallest absolute Gasteiger partial charge is 0.232 e. The van der Waals surface area contributed by atoms with E-state index < -0.39 is 0 Å². The first-order valence-corrected chi connectivity index (χ1v) is 9.90. The molecule has 2 fully saturated rings. The molecule has 0 saturated carbocycles. The molecule has 1 atom stereocenters. The van der Waals surface area contributed by atoms with Gasteiger partial charge in [0.25, 0.3) is 0 Å². The van der Waals surface area contributed by atoms with Crippen LogP contribution in [0.1, 0.15) is 26.2 Å². The number of amides is 2. The average molecular weight is 362 g/mol. The molecule has 2 saturated heterocycles. The third-order valence-electron chi connectivity index (χ3n) is 5.20. The van der Waals surface area contributed by atoms with Gasteiger partial charge in [0.15, 0.2) is 0 Å². The van der Waals surface area contributed by atoms with Gasteiger partial charge in [-0.15, -0.1) is 11.8 Å². The number of hydrogen-bond acceptors (Lipinski definition) is 4. The Morgan fingerprint density at radius 3 is 2.88 bits per heavy atom. The van der Waals surface area contributed by atoms with Crippen LogP contribution in [0.5, 0.6) is 5.75 Å². The molecule has 0 aromatic heterocycles. The van der Waals surface area contributed by atoms with E-state index in [1.54, 1.807) is 7.11 Å². The summed E-state index contributed by atoms with van der Waals surface area (Å²) in [5.74, 6) is 1.57. The summed E-state index contributed by atoms with van der Waals surface area (Å²) < 4.78 is 5.22. The van der Waals surface area contributed by atoms with Crippen molar-refractivity contribution in [3.05, 3.63) is 24.3 Å². The van der Waals surface area contributed by atoms with Crippen molar-refractivity contribution in [2.24, 2.45) is 5.41 Å². The Labute approximate surface area is 153 Å². The van der Waals surface area contributed by atoms with E-state index in [-0.39, 0.29) is 17.2 Å². The van der Waals surface area contributed by atoms with Crippen molar-refractivity contribution in [3.63, 3.8) is 0 Å². The summed E-state index contributed by atoms with van der Waals surface area (Å²) in [6, 6.07) is 7.74. The molecular formula is C19H26N2O3S. The molecule has 1 spiro atoms. The number of methoxy groups -OCH3 is 1. The highest BCUT2D eigenvalue weighted by Crippen LogP contribution is 2.41. The minimum Gasteiger partial charge on any atom is -0.497 e. The van der Waals surface area contributed by atoms with Crippen molar-refractivity contribution in [2.75, 3.05) is 39.0 Å². The lowest BCUT2D eigenvalue weighted by Gasteiger charge is -2.23. The van der Waals surface area contributed by atoms with Crippen LogP contribution in [-0.2, 0) is 9.59 Å². The second-order valence-electron chi connectivity index (χ2n) is 6.86. The number of carbonyl (C=O) groups is 2. The number of benzene rings is 1. The summed E-state index contributed by atoms with van der Waals surface area (Å²) in [7, 11) is 1.64. The molecule has 1 aromatic rings. The summed E-state index contributed by atoms with van der Waals surface area (Å²) in [6.45, 7) is 5.05. The first-order valence-electron chi connectivity index (χ1n) is 8.92. The predicted octanol–water partition coefficient (Wildman–Crippen LogP) is 2.65. The van der Waals surface area contributed by atoms with Crippen LogP contribution in [0, 0.1) is 5.41 Å². The first kappa shape index (κ1) is 18.1. The highest BCUT2D eigenvalue weighted by Gasteiger charge is 2.51. The van der Waals surface area contributed by atoms with Gasteiger partial charge in [-0.2, -0.15) is 0 Å². The molecule has 1 aromatic carbocycles. The second kappa shape index (κ2) is 7.68. The van der Waals surface area contributed by atoms with E-state index in [2.05, 4.69) is 6.92 Å². The Morgan fingerprint density at radius 1 is 1.32 bits per heavy atom. The Hall–Kier alpha value is -1.69. The molecule has 0 radical (unpaired) electrons. The van der Waals surface area contributed by atoms with Crippen molar-refractivity contribution in [2.45, 2.75) is 31.1 Å². The molecule has 5 nitrogen and oxygen atoms in total. The van der Waals surface area contributed by atoms with Gasteiger partial charge in [0.2, 0.25) is 11.8 Å². The number of carbonyl (C=O) groups excluding carboxylic acids is 2. The van der Waals surface area contributed by atoms with Gasteiger partial charge in [-0.3, -0.25) is 9.59 Å². The molecule has 2 amide bonds. The summed E-state index contributed by atoms with van der Waals surface area (Å²) >= 11 is 1.52.